The van der Waals surface area contributed by atoms with Crippen molar-refractivity contribution in [3.63, 3.8) is 0 Å². The number of guanidine groups is 1. The number of piperidine rings is 1. The van der Waals surface area contributed by atoms with Gasteiger partial charge in [0.1, 0.15) is 18.5 Å². The molecule has 1 saturated carbocycles. The largest absolute Gasteiger partial charge is 0.491 e. The highest BCUT2D eigenvalue weighted by Crippen LogP contribution is 2.26. The average Bonchev–Trinajstić information content (AvgIpc) is 3.26. The third-order valence-corrected chi connectivity index (χ3v) is 5.95. The van der Waals surface area contributed by atoms with Crippen LogP contribution in [0.25, 0.3) is 0 Å². The van der Waals surface area contributed by atoms with E-state index >= 15 is 0 Å². The Bertz CT molecular complexity index is 638. The van der Waals surface area contributed by atoms with Crippen molar-refractivity contribution in [2.24, 2.45) is 4.99 Å². The summed E-state index contributed by atoms with van der Waals surface area (Å²) in [5.74, 6) is 1.58. The molecule has 0 aromatic heterocycles. The number of aliphatic imine (C=N–C) groups is 1. The second-order valence-corrected chi connectivity index (χ2v) is 8.39. The van der Waals surface area contributed by atoms with Crippen LogP contribution in [-0.4, -0.2) is 66.9 Å². The van der Waals surface area contributed by atoms with Crippen LogP contribution < -0.4 is 15.4 Å². The van der Waals surface area contributed by atoms with E-state index < -0.39 is 6.10 Å². The topological polar surface area (TPSA) is 69.1 Å². The molecule has 1 unspecified atom stereocenters. The Kier molecular flexibility index (Phi) is 8.62. The Labute approximate surface area is 175 Å². The van der Waals surface area contributed by atoms with Gasteiger partial charge in [-0.05, 0) is 57.2 Å². The predicted molar refractivity (Wildman–Crippen MR) is 119 cm³/mol. The van der Waals surface area contributed by atoms with Gasteiger partial charge in [-0.3, -0.25) is 4.99 Å². The molecule has 1 aliphatic carbocycles. The summed E-state index contributed by atoms with van der Waals surface area (Å²) in [5.41, 5.74) is 1.15. The minimum absolute atomic E-state index is 0.242. The lowest BCUT2D eigenvalue weighted by Crippen LogP contribution is -2.50. The molecule has 29 heavy (non-hydrogen) atoms. The van der Waals surface area contributed by atoms with Crippen molar-refractivity contribution in [1.29, 1.82) is 0 Å². The van der Waals surface area contributed by atoms with Crippen molar-refractivity contribution < 1.29 is 9.84 Å². The van der Waals surface area contributed by atoms with Gasteiger partial charge in [0.05, 0.1) is 6.54 Å². The number of aryl methyl sites for hydroxylation is 1. The third-order valence-electron chi connectivity index (χ3n) is 5.95. The Balaban J connectivity index is 1.41. The number of likely N-dealkylation sites (tertiary alicyclic amines) is 1. The molecular weight excluding hydrogens is 364 g/mol. The van der Waals surface area contributed by atoms with Gasteiger partial charge in [-0.2, -0.15) is 0 Å². The molecule has 1 heterocycles. The second kappa shape index (κ2) is 11.4. The number of ether oxygens (including phenoxy) is 1. The fourth-order valence-corrected chi connectivity index (χ4v) is 4.34. The number of benzene rings is 1. The van der Waals surface area contributed by atoms with Crippen LogP contribution in [0.4, 0.5) is 0 Å². The summed E-state index contributed by atoms with van der Waals surface area (Å²) in [6.07, 6.45) is 7.23. The Hall–Kier alpha value is -1.79. The molecule has 3 rings (SSSR count). The molecule has 3 N–H and O–H groups in total. The Morgan fingerprint density at radius 3 is 2.69 bits per heavy atom. The lowest BCUT2D eigenvalue weighted by molar-refractivity contribution is 0.114. The SMILES string of the molecule is CCNC(=NCC(O)COc1cccc(C)c1)NC1CCN(C2CCCC2)CC1. The molecular formula is C23H38N4O2. The fourth-order valence-electron chi connectivity index (χ4n) is 4.34. The van der Waals surface area contributed by atoms with E-state index in [1.165, 1.54) is 38.8 Å². The molecule has 1 aromatic carbocycles. The van der Waals surface area contributed by atoms with Crippen molar-refractivity contribution in [2.45, 2.75) is 70.6 Å². The first-order chi connectivity index (χ1) is 14.1. The van der Waals surface area contributed by atoms with E-state index in [0.29, 0.717) is 12.6 Å². The van der Waals surface area contributed by atoms with E-state index in [-0.39, 0.29) is 6.61 Å². The molecule has 1 aliphatic heterocycles. The summed E-state index contributed by atoms with van der Waals surface area (Å²) >= 11 is 0. The highest BCUT2D eigenvalue weighted by Gasteiger charge is 2.27. The summed E-state index contributed by atoms with van der Waals surface area (Å²) in [5, 5.41) is 17.1. The van der Waals surface area contributed by atoms with Crippen LogP contribution in [0.1, 0.15) is 51.0 Å². The van der Waals surface area contributed by atoms with Gasteiger partial charge in [-0.15, -0.1) is 0 Å². The van der Waals surface area contributed by atoms with Gasteiger partial charge in [0.15, 0.2) is 5.96 Å². The number of hydrogen-bond acceptors (Lipinski definition) is 4. The number of hydrogen-bond donors (Lipinski definition) is 3. The number of aliphatic hydroxyl groups excluding tert-OH is 1. The molecule has 2 fully saturated rings. The van der Waals surface area contributed by atoms with Crippen molar-refractivity contribution in [3.8, 4) is 5.75 Å². The predicted octanol–water partition coefficient (Wildman–Crippen LogP) is 2.70. The van der Waals surface area contributed by atoms with Gasteiger partial charge in [0.2, 0.25) is 0 Å². The number of aliphatic hydroxyl groups is 1. The lowest BCUT2D eigenvalue weighted by atomic mass is 10.0. The molecule has 6 heteroatoms. The van der Waals surface area contributed by atoms with Crippen LogP contribution in [0.15, 0.2) is 29.3 Å². The van der Waals surface area contributed by atoms with Gasteiger partial charge in [0.25, 0.3) is 0 Å². The average molecular weight is 403 g/mol. The summed E-state index contributed by atoms with van der Waals surface area (Å²) < 4.78 is 5.69. The first-order valence-electron chi connectivity index (χ1n) is 11.3. The maximum Gasteiger partial charge on any atom is 0.191 e. The minimum atomic E-state index is -0.629. The fraction of sp³-hybridized carbons (Fsp3) is 0.696. The van der Waals surface area contributed by atoms with E-state index in [0.717, 1.165) is 42.7 Å². The van der Waals surface area contributed by atoms with Gasteiger partial charge in [-0.1, -0.05) is 25.0 Å². The monoisotopic (exact) mass is 402 g/mol. The normalized spacial score (nSPS) is 20.6. The zero-order valence-corrected chi connectivity index (χ0v) is 18.1. The summed E-state index contributed by atoms with van der Waals surface area (Å²) in [7, 11) is 0. The number of rotatable bonds is 8. The quantitative estimate of drug-likeness (QED) is 0.461. The molecule has 6 nitrogen and oxygen atoms in total. The highest BCUT2D eigenvalue weighted by molar-refractivity contribution is 5.80. The van der Waals surface area contributed by atoms with Crippen LogP contribution in [-0.2, 0) is 0 Å². The Morgan fingerprint density at radius 2 is 2.00 bits per heavy atom. The molecule has 0 amide bonds. The zero-order chi connectivity index (χ0) is 20.5. The molecule has 2 aliphatic rings. The van der Waals surface area contributed by atoms with Gasteiger partial charge in [0, 0.05) is 31.7 Å². The maximum absolute atomic E-state index is 10.3. The zero-order valence-electron chi connectivity index (χ0n) is 18.1. The first kappa shape index (κ1) is 21.9. The second-order valence-electron chi connectivity index (χ2n) is 8.39. The van der Waals surface area contributed by atoms with Crippen LogP contribution in [0, 0.1) is 6.92 Å². The summed E-state index contributed by atoms with van der Waals surface area (Å²) in [6.45, 7) is 7.82. The molecule has 1 atom stereocenters. The molecule has 162 valence electrons. The number of nitrogens with zero attached hydrogens (tertiary/aromatic N) is 2. The van der Waals surface area contributed by atoms with Crippen molar-refractivity contribution >= 4 is 5.96 Å². The molecule has 0 radical (unpaired) electrons. The minimum Gasteiger partial charge on any atom is -0.491 e. The smallest absolute Gasteiger partial charge is 0.191 e. The van der Waals surface area contributed by atoms with Crippen LogP contribution in [0.3, 0.4) is 0 Å². The van der Waals surface area contributed by atoms with E-state index in [2.05, 4.69) is 27.4 Å². The summed E-state index contributed by atoms with van der Waals surface area (Å²) in [4.78, 5) is 7.27. The standard InChI is InChI=1S/C23H38N4O2/c1-3-24-23(25-16-21(28)17-29-22-10-6-7-18(2)15-22)26-19-11-13-27(14-12-19)20-8-4-5-9-20/h6-7,10,15,19-21,28H,3-5,8-9,11-14,16-17H2,1-2H3,(H2,24,25,26). The van der Waals surface area contributed by atoms with E-state index in [9.17, 15) is 5.11 Å². The van der Waals surface area contributed by atoms with Gasteiger partial charge < -0.3 is 25.4 Å². The molecule has 1 saturated heterocycles. The maximum atomic E-state index is 10.3. The van der Waals surface area contributed by atoms with Crippen molar-refractivity contribution in [3.05, 3.63) is 29.8 Å². The van der Waals surface area contributed by atoms with Gasteiger partial charge in [-0.25, -0.2) is 0 Å². The van der Waals surface area contributed by atoms with E-state index in [1.807, 2.05) is 31.2 Å². The van der Waals surface area contributed by atoms with Crippen LogP contribution >= 0.6 is 0 Å². The highest BCUT2D eigenvalue weighted by atomic mass is 16.5. The Morgan fingerprint density at radius 1 is 1.24 bits per heavy atom. The number of nitrogens with one attached hydrogen (secondary N) is 2. The van der Waals surface area contributed by atoms with E-state index in [4.69, 9.17) is 4.74 Å². The van der Waals surface area contributed by atoms with Gasteiger partial charge >= 0.3 is 0 Å². The molecule has 0 bridgehead atoms. The van der Waals surface area contributed by atoms with E-state index in [1.54, 1.807) is 0 Å². The van der Waals surface area contributed by atoms with Crippen molar-refractivity contribution in [2.75, 3.05) is 32.8 Å². The first-order valence-corrected chi connectivity index (χ1v) is 11.3. The van der Waals surface area contributed by atoms with Crippen LogP contribution in [0.5, 0.6) is 5.75 Å². The third kappa shape index (κ3) is 7.19. The molecule has 1 aromatic rings. The van der Waals surface area contributed by atoms with Crippen LogP contribution in [0.2, 0.25) is 0 Å². The molecule has 0 spiro atoms. The van der Waals surface area contributed by atoms with Crippen molar-refractivity contribution in [1.82, 2.24) is 15.5 Å². The lowest BCUT2D eigenvalue weighted by Gasteiger charge is -2.36. The summed E-state index contributed by atoms with van der Waals surface area (Å²) in [6, 6.07) is 9.14.